The van der Waals surface area contributed by atoms with Crippen molar-refractivity contribution in [3.63, 3.8) is 0 Å². The molecular formula is C15H24O4. The number of esters is 1. The molecule has 0 saturated carbocycles. The zero-order valence-corrected chi connectivity index (χ0v) is 11.4. The number of unbranched alkanes of at least 4 members (excludes halogenated alkanes) is 3. The molecule has 0 aromatic carbocycles. The topological polar surface area (TPSA) is 66.8 Å². The highest BCUT2D eigenvalue weighted by molar-refractivity contribution is 5.80. The normalized spacial score (nSPS) is 33.3. The van der Waals surface area contributed by atoms with Crippen molar-refractivity contribution in [2.24, 2.45) is 17.3 Å². The summed E-state index contributed by atoms with van der Waals surface area (Å²) < 4.78 is 5.26. The molecule has 19 heavy (non-hydrogen) atoms. The quantitative estimate of drug-likeness (QED) is 0.418. The Morgan fingerprint density at radius 1 is 1.21 bits per heavy atom. The molecule has 2 rings (SSSR count). The minimum atomic E-state index is -0.401. The number of fused-ring (bicyclic) bond motifs is 1. The minimum Gasteiger partial charge on any atom is -0.465 e. The van der Waals surface area contributed by atoms with E-state index in [9.17, 15) is 9.90 Å². The van der Waals surface area contributed by atoms with Gasteiger partial charge < -0.3 is 14.9 Å². The molecular weight excluding hydrogens is 244 g/mol. The van der Waals surface area contributed by atoms with Crippen LogP contribution in [0.5, 0.6) is 0 Å². The number of carbonyl (C=O) groups excluding carboxylic acids is 1. The third kappa shape index (κ3) is 3.00. The van der Waals surface area contributed by atoms with Crippen LogP contribution >= 0.6 is 0 Å². The fourth-order valence-electron chi connectivity index (χ4n) is 3.34. The van der Waals surface area contributed by atoms with Gasteiger partial charge in [0.2, 0.25) is 0 Å². The lowest BCUT2D eigenvalue weighted by molar-refractivity contribution is -0.148. The van der Waals surface area contributed by atoms with E-state index >= 15 is 0 Å². The number of rotatable bonds is 7. The average molecular weight is 268 g/mol. The van der Waals surface area contributed by atoms with Crippen LogP contribution < -0.4 is 0 Å². The molecule has 0 amide bonds. The first-order valence-electron chi connectivity index (χ1n) is 7.30. The maximum absolute atomic E-state index is 12.1. The summed E-state index contributed by atoms with van der Waals surface area (Å²) >= 11 is 0. The highest BCUT2D eigenvalue weighted by atomic mass is 16.5. The van der Waals surface area contributed by atoms with Gasteiger partial charge in [0.1, 0.15) is 0 Å². The molecule has 0 spiro atoms. The van der Waals surface area contributed by atoms with Crippen LogP contribution in [0.15, 0.2) is 12.2 Å². The van der Waals surface area contributed by atoms with Gasteiger partial charge in [0.15, 0.2) is 0 Å². The van der Waals surface area contributed by atoms with Crippen molar-refractivity contribution in [2.75, 3.05) is 19.8 Å². The second kappa shape index (κ2) is 6.53. The molecule has 4 nitrogen and oxygen atoms in total. The lowest BCUT2D eigenvalue weighted by Crippen LogP contribution is -2.37. The van der Waals surface area contributed by atoms with Crippen LogP contribution in [0.2, 0.25) is 0 Å². The van der Waals surface area contributed by atoms with Gasteiger partial charge in [0.25, 0.3) is 0 Å². The highest BCUT2D eigenvalue weighted by Gasteiger charge is 2.52. The molecule has 1 heterocycles. The number of aliphatic hydroxyl groups excluding tert-OH is 2. The first kappa shape index (κ1) is 14.5. The number of carbonyl (C=O) groups is 1. The fraction of sp³-hybridized carbons (Fsp3) is 0.800. The van der Waals surface area contributed by atoms with Crippen LogP contribution in [-0.2, 0) is 9.53 Å². The molecule has 4 heteroatoms. The monoisotopic (exact) mass is 268 g/mol. The number of aliphatic hydroxyl groups is 2. The summed E-state index contributed by atoms with van der Waals surface area (Å²) in [5, 5.41) is 18.1. The summed E-state index contributed by atoms with van der Waals surface area (Å²) in [7, 11) is 0. The summed E-state index contributed by atoms with van der Waals surface area (Å²) in [5.41, 5.74) is -0.401. The number of hydrogen-bond acceptors (Lipinski definition) is 4. The largest absolute Gasteiger partial charge is 0.465 e. The third-order valence-corrected chi connectivity index (χ3v) is 4.52. The van der Waals surface area contributed by atoms with E-state index in [1.54, 1.807) is 0 Å². The van der Waals surface area contributed by atoms with E-state index in [-0.39, 0.29) is 31.0 Å². The van der Waals surface area contributed by atoms with Crippen LogP contribution in [0.4, 0.5) is 0 Å². The zero-order chi connectivity index (χ0) is 13.7. The van der Waals surface area contributed by atoms with Crippen molar-refractivity contribution < 1.29 is 19.7 Å². The molecule has 0 aromatic heterocycles. The minimum absolute atomic E-state index is 0.0811. The molecule has 3 atom stereocenters. The molecule has 2 N–H and O–H groups in total. The van der Waals surface area contributed by atoms with Crippen LogP contribution in [0.1, 0.15) is 38.5 Å². The number of hydrogen-bond donors (Lipinski definition) is 2. The molecule has 0 aromatic rings. The second-order valence-corrected chi connectivity index (χ2v) is 5.78. The lowest BCUT2D eigenvalue weighted by atomic mass is 9.65. The van der Waals surface area contributed by atoms with Crippen LogP contribution in [0.3, 0.4) is 0 Å². The van der Waals surface area contributed by atoms with Gasteiger partial charge in [-0.25, -0.2) is 0 Å². The van der Waals surface area contributed by atoms with E-state index in [4.69, 9.17) is 9.84 Å². The first-order valence-corrected chi connectivity index (χ1v) is 7.30. The molecule has 2 aliphatic rings. The van der Waals surface area contributed by atoms with E-state index in [1.807, 2.05) is 6.08 Å². The molecule has 1 saturated heterocycles. The van der Waals surface area contributed by atoms with Gasteiger partial charge in [-0.3, -0.25) is 4.79 Å². The standard InChI is InChI=1S/C15H24O4/c16-8-4-2-1-3-7-15-9-12(10-17)5-6-13(15)11-19-14(15)18/h5-6,12-13,16-17H,1-4,7-11H2/t12-,13-,15-/m0/s1. The van der Waals surface area contributed by atoms with Crippen LogP contribution in [0.25, 0.3) is 0 Å². The Morgan fingerprint density at radius 3 is 2.74 bits per heavy atom. The molecule has 1 fully saturated rings. The summed E-state index contributed by atoms with van der Waals surface area (Å²) in [4.78, 5) is 12.1. The summed E-state index contributed by atoms with van der Waals surface area (Å²) in [5.74, 6) is 0.183. The Balaban J connectivity index is 1.96. The van der Waals surface area contributed by atoms with Gasteiger partial charge >= 0.3 is 5.97 Å². The number of ether oxygens (including phenoxy) is 1. The van der Waals surface area contributed by atoms with E-state index in [0.717, 1.165) is 32.1 Å². The van der Waals surface area contributed by atoms with Gasteiger partial charge in [0, 0.05) is 25.0 Å². The molecule has 108 valence electrons. The van der Waals surface area contributed by atoms with Crippen molar-refractivity contribution >= 4 is 5.97 Å². The van der Waals surface area contributed by atoms with Crippen molar-refractivity contribution in [1.29, 1.82) is 0 Å². The third-order valence-electron chi connectivity index (χ3n) is 4.52. The summed E-state index contributed by atoms with van der Waals surface area (Å²) in [6.07, 6.45) is 9.49. The van der Waals surface area contributed by atoms with Crippen molar-refractivity contribution in [3.8, 4) is 0 Å². The van der Waals surface area contributed by atoms with Crippen LogP contribution in [-0.4, -0.2) is 36.0 Å². The zero-order valence-electron chi connectivity index (χ0n) is 11.4. The first-order chi connectivity index (χ1) is 9.23. The summed E-state index contributed by atoms with van der Waals surface area (Å²) in [6, 6.07) is 0. The van der Waals surface area contributed by atoms with Crippen LogP contribution in [0, 0.1) is 17.3 Å². The van der Waals surface area contributed by atoms with Crippen molar-refractivity contribution in [3.05, 3.63) is 12.2 Å². The Hall–Kier alpha value is -0.870. The highest BCUT2D eigenvalue weighted by Crippen LogP contribution is 2.48. The van der Waals surface area contributed by atoms with Gasteiger partial charge in [-0.1, -0.05) is 31.4 Å². The molecule has 1 aliphatic carbocycles. The van der Waals surface area contributed by atoms with Gasteiger partial charge in [-0.2, -0.15) is 0 Å². The fourth-order valence-corrected chi connectivity index (χ4v) is 3.34. The molecule has 0 unspecified atom stereocenters. The van der Waals surface area contributed by atoms with E-state index < -0.39 is 5.41 Å². The maximum atomic E-state index is 12.1. The Kier molecular flexibility index (Phi) is 4.99. The van der Waals surface area contributed by atoms with Crippen molar-refractivity contribution in [2.45, 2.75) is 38.5 Å². The van der Waals surface area contributed by atoms with Gasteiger partial charge in [-0.05, 0) is 19.3 Å². The Morgan fingerprint density at radius 2 is 2.00 bits per heavy atom. The predicted molar refractivity (Wildman–Crippen MR) is 71.4 cm³/mol. The van der Waals surface area contributed by atoms with E-state index in [0.29, 0.717) is 13.0 Å². The SMILES string of the molecule is O=C1OC[C@@H]2C=C[C@H](CO)C[C@]12CCCCCCO. The summed E-state index contributed by atoms with van der Waals surface area (Å²) in [6.45, 7) is 0.831. The van der Waals surface area contributed by atoms with Gasteiger partial charge in [0.05, 0.1) is 12.0 Å². The second-order valence-electron chi connectivity index (χ2n) is 5.78. The smallest absolute Gasteiger partial charge is 0.312 e. The average Bonchev–Trinajstić information content (AvgIpc) is 2.75. The molecule has 0 bridgehead atoms. The molecule has 1 aliphatic heterocycles. The number of cyclic esters (lactones) is 1. The Labute approximate surface area is 114 Å². The van der Waals surface area contributed by atoms with Crippen molar-refractivity contribution in [1.82, 2.24) is 0 Å². The predicted octanol–water partition coefficient (Wildman–Crippen LogP) is 1.66. The lowest BCUT2D eigenvalue weighted by Gasteiger charge is -2.35. The van der Waals surface area contributed by atoms with Gasteiger partial charge in [-0.15, -0.1) is 0 Å². The maximum Gasteiger partial charge on any atom is 0.312 e. The molecule has 0 radical (unpaired) electrons. The Bertz CT molecular complexity index is 339. The van der Waals surface area contributed by atoms with E-state index in [1.165, 1.54) is 0 Å². The van der Waals surface area contributed by atoms with E-state index in [2.05, 4.69) is 6.08 Å².